The highest BCUT2D eigenvalue weighted by atomic mass is 19.4. The van der Waals surface area contributed by atoms with E-state index in [1.807, 2.05) is 0 Å². The van der Waals surface area contributed by atoms with Gasteiger partial charge in [0.05, 0.1) is 35.9 Å². The van der Waals surface area contributed by atoms with Gasteiger partial charge in [-0.2, -0.15) is 39.5 Å². The number of aliphatic hydroxyl groups excluding tert-OH is 1. The number of alkyl halides is 9. The third kappa shape index (κ3) is 6.63. The Morgan fingerprint density at radius 3 is 1.94 bits per heavy atom. The number of ether oxygens (including phenoxy) is 1. The summed E-state index contributed by atoms with van der Waals surface area (Å²) in [4.78, 5) is 14.0. The topological polar surface area (TPSA) is 74.4 Å². The first kappa shape index (κ1) is 26.5. The highest BCUT2D eigenvalue weighted by molar-refractivity contribution is 5.89. The minimum Gasteiger partial charge on any atom is -0.461 e. The number of aliphatic hydroxyl groups is 1. The fraction of sp³-hybridized carbons (Fsp3) is 0.421. The van der Waals surface area contributed by atoms with Crippen LogP contribution in [0.5, 0.6) is 0 Å². The van der Waals surface area contributed by atoms with Crippen LogP contribution in [0.3, 0.4) is 0 Å². The molecule has 0 saturated carbocycles. The van der Waals surface area contributed by atoms with E-state index in [0.29, 0.717) is 18.2 Å². The van der Waals surface area contributed by atoms with E-state index in [1.165, 1.54) is 6.92 Å². The smallest absolute Gasteiger partial charge is 0.418 e. The number of aromatic amines is 1. The monoisotopic (exact) mass is 492 g/mol. The molecule has 1 aromatic heterocycles. The molecule has 0 fully saturated rings. The SMILES string of the molecule is CCOC(=O)c1[nH]c(CNC(CO)c2cc(C(F)(F)F)cc(C(F)(F)F)c2)cc1C(F)(F)F. The second-order valence-electron chi connectivity index (χ2n) is 6.76. The van der Waals surface area contributed by atoms with Gasteiger partial charge >= 0.3 is 24.5 Å². The third-order valence-electron chi connectivity index (χ3n) is 4.39. The summed E-state index contributed by atoms with van der Waals surface area (Å²) in [5.74, 6) is -1.30. The maximum Gasteiger partial charge on any atom is 0.418 e. The molecule has 3 N–H and O–H groups in total. The Labute approximate surface area is 180 Å². The van der Waals surface area contributed by atoms with Gasteiger partial charge in [0.2, 0.25) is 0 Å². The zero-order valence-electron chi connectivity index (χ0n) is 16.7. The number of hydrogen-bond donors (Lipinski definition) is 3. The number of esters is 1. The van der Waals surface area contributed by atoms with Crippen LogP contribution in [0.2, 0.25) is 0 Å². The molecule has 0 aliphatic carbocycles. The quantitative estimate of drug-likeness (QED) is 0.373. The van der Waals surface area contributed by atoms with Crippen molar-refractivity contribution < 1.29 is 54.2 Å². The molecule has 1 atom stereocenters. The summed E-state index contributed by atoms with van der Waals surface area (Å²) < 4.78 is 122. The highest BCUT2D eigenvalue weighted by Crippen LogP contribution is 2.38. The predicted molar refractivity (Wildman–Crippen MR) is 94.9 cm³/mol. The molecule has 0 radical (unpaired) electrons. The summed E-state index contributed by atoms with van der Waals surface area (Å²) >= 11 is 0. The van der Waals surface area contributed by atoms with Gasteiger partial charge in [0.25, 0.3) is 0 Å². The molecule has 0 aliphatic rings. The van der Waals surface area contributed by atoms with Gasteiger partial charge < -0.3 is 20.1 Å². The van der Waals surface area contributed by atoms with Crippen LogP contribution in [-0.2, 0) is 29.8 Å². The molecule has 2 rings (SSSR count). The summed E-state index contributed by atoms with van der Waals surface area (Å²) in [6.45, 7) is -0.388. The van der Waals surface area contributed by atoms with Crippen molar-refractivity contribution in [3.8, 4) is 0 Å². The normalized spacial score (nSPS) is 13.8. The van der Waals surface area contributed by atoms with Gasteiger partial charge in [-0.05, 0) is 36.8 Å². The van der Waals surface area contributed by atoms with Gasteiger partial charge in [-0.3, -0.25) is 0 Å². The van der Waals surface area contributed by atoms with Crippen LogP contribution in [0.4, 0.5) is 39.5 Å². The molecule has 184 valence electrons. The van der Waals surface area contributed by atoms with Crippen LogP contribution in [0.15, 0.2) is 24.3 Å². The molecule has 1 aromatic carbocycles. The average Bonchev–Trinajstić information content (AvgIpc) is 3.12. The van der Waals surface area contributed by atoms with Gasteiger partial charge in [0.15, 0.2) is 0 Å². The van der Waals surface area contributed by atoms with Gasteiger partial charge in [0, 0.05) is 12.2 Å². The standard InChI is InChI=1S/C19H17F9N2O3/c1-2-33-16(32)15-13(19(26,27)28)6-12(30-15)7-29-14(8-31)9-3-10(17(20,21)22)5-11(4-9)18(23,24)25/h3-6,14,29-31H,2,7-8H2,1H3. The zero-order valence-corrected chi connectivity index (χ0v) is 16.7. The number of H-pyrrole nitrogens is 1. The zero-order chi connectivity index (χ0) is 25.2. The predicted octanol–water partition coefficient (Wildman–Crippen LogP) is 5.07. The summed E-state index contributed by atoms with van der Waals surface area (Å²) in [5.41, 5.74) is -6.37. The van der Waals surface area contributed by atoms with Crippen molar-refractivity contribution in [2.24, 2.45) is 0 Å². The van der Waals surface area contributed by atoms with Gasteiger partial charge in [0.1, 0.15) is 5.69 Å². The molecule has 0 spiro atoms. The van der Waals surface area contributed by atoms with Crippen molar-refractivity contribution in [2.75, 3.05) is 13.2 Å². The fourth-order valence-corrected chi connectivity index (χ4v) is 2.89. The Balaban J connectivity index is 2.37. The number of aromatic nitrogens is 1. The lowest BCUT2D eigenvalue weighted by Gasteiger charge is -2.20. The molecule has 1 unspecified atom stereocenters. The van der Waals surface area contributed by atoms with Crippen molar-refractivity contribution in [3.05, 3.63) is 57.9 Å². The Bertz CT molecular complexity index is 946. The molecular formula is C19H17F9N2O3. The lowest BCUT2D eigenvalue weighted by molar-refractivity contribution is -0.143. The minimum atomic E-state index is -5.12. The van der Waals surface area contributed by atoms with Crippen molar-refractivity contribution in [2.45, 2.75) is 38.0 Å². The molecular weight excluding hydrogens is 475 g/mol. The third-order valence-corrected chi connectivity index (χ3v) is 4.39. The molecule has 1 heterocycles. The van der Waals surface area contributed by atoms with E-state index in [-0.39, 0.29) is 18.4 Å². The van der Waals surface area contributed by atoms with Crippen molar-refractivity contribution in [3.63, 3.8) is 0 Å². The van der Waals surface area contributed by atoms with Crippen LogP contribution in [0.25, 0.3) is 0 Å². The fourth-order valence-electron chi connectivity index (χ4n) is 2.89. The second-order valence-corrected chi connectivity index (χ2v) is 6.76. The molecule has 0 bridgehead atoms. The summed E-state index contributed by atoms with van der Waals surface area (Å²) in [6, 6.07) is -0.269. The molecule has 5 nitrogen and oxygen atoms in total. The number of rotatable bonds is 7. The van der Waals surface area contributed by atoms with E-state index in [4.69, 9.17) is 0 Å². The molecule has 33 heavy (non-hydrogen) atoms. The molecule has 0 aliphatic heterocycles. The summed E-state index contributed by atoms with van der Waals surface area (Å²) in [5, 5.41) is 11.9. The van der Waals surface area contributed by atoms with Crippen LogP contribution >= 0.6 is 0 Å². The molecule has 2 aromatic rings. The van der Waals surface area contributed by atoms with E-state index >= 15 is 0 Å². The van der Waals surface area contributed by atoms with E-state index in [2.05, 4.69) is 15.0 Å². The first-order valence-corrected chi connectivity index (χ1v) is 9.17. The van der Waals surface area contributed by atoms with Crippen molar-refractivity contribution in [1.29, 1.82) is 0 Å². The lowest BCUT2D eigenvalue weighted by Crippen LogP contribution is -2.25. The van der Waals surface area contributed by atoms with Gasteiger partial charge in [-0.25, -0.2) is 4.79 Å². The van der Waals surface area contributed by atoms with Crippen molar-refractivity contribution in [1.82, 2.24) is 10.3 Å². The van der Waals surface area contributed by atoms with Crippen LogP contribution in [-0.4, -0.2) is 29.3 Å². The second kappa shape index (κ2) is 9.63. The first-order valence-electron chi connectivity index (χ1n) is 9.17. The average molecular weight is 492 g/mol. The number of benzene rings is 1. The van der Waals surface area contributed by atoms with E-state index in [9.17, 15) is 49.4 Å². The maximum atomic E-state index is 13.2. The Hall–Kier alpha value is -2.74. The van der Waals surface area contributed by atoms with Gasteiger partial charge in [-0.1, -0.05) is 0 Å². The molecule has 0 saturated heterocycles. The van der Waals surface area contributed by atoms with E-state index < -0.39 is 71.6 Å². The number of hydrogen-bond acceptors (Lipinski definition) is 4. The molecule has 0 amide bonds. The Morgan fingerprint density at radius 2 is 1.52 bits per heavy atom. The van der Waals surface area contributed by atoms with Crippen molar-refractivity contribution >= 4 is 5.97 Å². The summed E-state index contributed by atoms with van der Waals surface area (Å²) in [7, 11) is 0. The number of halogens is 9. The minimum absolute atomic E-state index is 0.0931. The van der Waals surface area contributed by atoms with Crippen LogP contribution < -0.4 is 5.32 Å². The number of carbonyl (C=O) groups is 1. The Morgan fingerprint density at radius 1 is 0.970 bits per heavy atom. The summed E-state index contributed by atoms with van der Waals surface area (Å²) in [6.07, 6.45) is -15.2. The van der Waals surface area contributed by atoms with E-state index in [0.717, 1.165) is 0 Å². The molecule has 14 heteroatoms. The largest absolute Gasteiger partial charge is 0.461 e. The maximum absolute atomic E-state index is 13.2. The number of nitrogens with one attached hydrogen (secondary N) is 2. The van der Waals surface area contributed by atoms with Crippen LogP contribution in [0, 0.1) is 0 Å². The van der Waals surface area contributed by atoms with E-state index in [1.54, 1.807) is 0 Å². The number of carbonyl (C=O) groups excluding carboxylic acids is 1. The Kier molecular flexibility index (Phi) is 7.74. The highest BCUT2D eigenvalue weighted by Gasteiger charge is 2.39. The van der Waals surface area contributed by atoms with Gasteiger partial charge in [-0.15, -0.1) is 0 Å². The van der Waals surface area contributed by atoms with Crippen LogP contribution in [0.1, 0.15) is 51.4 Å². The first-order chi connectivity index (χ1) is 15.1. The lowest BCUT2D eigenvalue weighted by atomic mass is 9.99.